The van der Waals surface area contributed by atoms with Gasteiger partial charge in [0.15, 0.2) is 0 Å². The van der Waals surface area contributed by atoms with Gasteiger partial charge in [-0.25, -0.2) is 0 Å². The van der Waals surface area contributed by atoms with E-state index in [0.29, 0.717) is 0 Å². The van der Waals surface area contributed by atoms with Gasteiger partial charge in [0.1, 0.15) is 0 Å². The van der Waals surface area contributed by atoms with Crippen LogP contribution in [0.2, 0.25) is 0 Å². The van der Waals surface area contributed by atoms with Crippen LogP contribution in [0.3, 0.4) is 0 Å². The van der Waals surface area contributed by atoms with Crippen LogP contribution in [0.25, 0.3) is 0 Å². The van der Waals surface area contributed by atoms with E-state index < -0.39 is 0 Å². The molecule has 90 valence electrons. The minimum absolute atomic E-state index is 0.0499. The summed E-state index contributed by atoms with van der Waals surface area (Å²) in [7, 11) is 0. The summed E-state index contributed by atoms with van der Waals surface area (Å²) in [6.45, 7) is 6.08. The molecule has 3 heteroatoms. The fourth-order valence-electron chi connectivity index (χ4n) is 1.92. The van der Waals surface area contributed by atoms with E-state index in [9.17, 15) is 0 Å². The Kier molecular flexibility index (Phi) is 4.93. The number of nitrogens with one attached hydrogen (secondary N) is 1. The first-order chi connectivity index (χ1) is 7.58. The lowest BCUT2D eigenvalue weighted by Gasteiger charge is -2.22. The van der Waals surface area contributed by atoms with Crippen molar-refractivity contribution in [3.05, 3.63) is 34.9 Å². The zero-order valence-electron chi connectivity index (χ0n) is 10.2. The molecule has 1 aromatic carbocycles. The molecular formula is C13H21NO2. The van der Waals surface area contributed by atoms with Gasteiger partial charge >= 0.3 is 0 Å². The predicted molar refractivity (Wildman–Crippen MR) is 65.4 cm³/mol. The first-order valence-corrected chi connectivity index (χ1v) is 5.63. The fraction of sp³-hybridized carbons (Fsp3) is 0.538. The Bertz CT molecular complexity index is 335. The molecule has 0 aliphatic rings. The van der Waals surface area contributed by atoms with Crippen molar-refractivity contribution in [2.75, 3.05) is 13.2 Å². The van der Waals surface area contributed by atoms with E-state index in [1.54, 1.807) is 0 Å². The summed E-state index contributed by atoms with van der Waals surface area (Å²) < 4.78 is 0. The van der Waals surface area contributed by atoms with Crippen molar-refractivity contribution in [1.82, 2.24) is 5.32 Å². The third kappa shape index (κ3) is 3.30. The molecule has 0 bridgehead atoms. The summed E-state index contributed by atoms with van der Waals surface area (Å²) in [5, 5.41) is 21.2. The normalized spacial score (nSPS) is 13.1. The summed E-state index contributed by atoms with van der Waals surface area (Å²) >= 11 is 0. The van der Waals surface area contributed by atoms with Crippen LogP contribution in [0.15, 0.2) is 18.2 Å². The molecule has 0 aromatic heterocycles. The lowest BCUT2D eigenvalue weighted by Crippen LogP contribution is -2.37. The number of rotatable bonds is 5. The molecule has 0 aliphatic carbocycles. The maximum atomic E-state index is 9.01. The first-order valence-electron chi connectivity index (χ1n) is 5.63. The van der Waals surface area contributed by atoms with Gasteiger partial charge in [-0.15, -0.1) is 0 Å². The minimum atomic E-state index is -0.254. The lowest BCUT2D eigenvalue weighted by molar-refractivity contribution is 0.163. The number of aryl methyl sites for hydroxylation is 2. The van der Waals surface area contributed by atoms with Crippen molar-refractivity contribution in [1.29, 1.82) is 0 Å². The highest BCUT2D eigenvalue weighted by atomic mass is 16.3. The SMILES string of the molecule is Cc1ccc(C(C)NC(CO)CO)c(C)c1. The molecule has 1 unspecified atom stereocenters. The van der Waals surface area contributed by atoms with Crippen LogP contribution in [0.4, 0.5) is 0 Å². The third-order valence-electron chi connectivity index (χ3n) is 2.82. The fourth-order valence-corrected chi connectivity index (χ4v) is 1.92. The van der Waals surface area contributed by atoms with Gasteiger partial charge in [0.05, 0.1) is 19.3 Å². The van der Waals surface area contributed by atoms with Crippen molar-refractivity contribution in [2.45, 2.75) is 32.9 Å². The molecule has 0 aliphatic heterocycles. The van der Waals surface area contributed by atoms with Gasteiger partial charge in [-0.2, -0.15) is 0 Å². The van der Waals surface area contributed by atoms with Gasteiger partial charge in [0, 0.05) is 6.04 Å². The first kappa shape index (κ1) is 13.2. The average Bonchev–Trinajstić information content (AvgIpc) is 2.25. The van der Waals surface area contributed by atoms with Crippen LogP contribution in [-0.2, 0) is 0 Å². The number of aliphatic hydroxyl groups excluding tert-OH is 2. The molecular weight excluding hydrogens is 202 g/mol. The topological polar surface area (TPSA) is 52.5 Å². The highest BCUT2D eigenvalue weighted by Gasteiger charge is 2.13. The van der Waals surface area contributed by atoms with E-state index in [-0.39, 0.29) is 25.3 Å². The standard InChI is InChI=1S/C13H21NO2/c1-9-4-5-13(10(2)6-9)11(3)14-12(7-15)8-16/h4-6,11-12,14-16H,7-8H2,1-3H3. The summed E-state index contributed by atoms with van der Waals surface area (Å²) in [4.78, 5) is 0. The van der Waals surface area contributed by atoms with Crippen LogP contribution in [0.5, 0.6) is 0 Å². The molecule has 0 saturated carbocycles. The Morgan fingerprint density at radius 1 is 1.19 bits per heavy atom. The van der Waals surface area contributed by atoms with E-state index in [2.05, 4.69) is 37.4 Å². The minimum Gasteiger partial charge on any atom is -0.395 e. The molecule has 3 nitrogen and oxygen atoms in total. The zero-order chi connectivity index (χ0) is 12.1. The van der Waals surface area contributed by atoms with Gasteiger partial charge in [-0.05, 0) is 31.9 Å². The van der Waals surface area contributed by atoms with E-state index in [4.69, 9.17) is 10.2 Å². The molecule has 0 spiro atoms. The Morgan fingerprint density at radius 2 is 1.81 bits per heavy atom. The average molecular weight is 223 g/mol. The maximum Gasteiger partial charge on any atom is 0.0607 e. The Hall–Kier alpha value is -0.900. The molecule has 0 fully saturated rings. The van der Waals surface area contributed by atoms with E-state index in [1.807, 2.05) is 6.92 Å². The van der Waals surface area contributed by atoms with Gasteiger partial charge in [0.25, 0.3) is 0 Å². The number of aliphatic hydroxyl groups is 2. The smallest absolute Gasteiger partial charge is 0.0607 e. The maximum absolute atomic E-state index is 9.01. The zero-order valence-corrected chi connectivity index (χ0v) is 10.2. The van der Waals surface area contributed by atoms with Crippen LogP contribution >= 0.6 is 0 Å². The van der Waals surface area contributed by atoms with Crippen LogP contribution < -0.4 is 5.32 Å². The molecule has 0 saturated heterocycles. The lowest BCUT2D eigenvalue weighted by atomic mass is 10.00. The van der Waals surface area contributed by atoms with Gasteiger partial charge in [0.2, 0.25) is 0 Å². The van der Waals surface area contributed by atoms with Gasteiger partial charge in [-0.1, -0.05) is 23.8 Å². The predicted octanol–water partition coefficient (Wildman–Crippen LogP) is 1.31. The van der Waals surface area contributed by atoms with Crippen molar-refractivity contribution >= 4 is 0 Å². The van der Waals surface area contributed by atoms with E-state index in [0.717, 1.165) is 0 Å². The second-order valence-electron chi connectivity index (χ2n) is 4.31. The monoisotopic (exact) mass is 223 g/mol. The van der Waals surface area contributed by atoms with Crippen molar-refractivity contribution in [3.63, 3.8) is 0 Å². The highest BCUT2D eigenvalue weighted by Crippen LogP contribution is 2.18. The number of benzene rings is 1. The highest BCUT2D eigenvalue weighted by molar-refractivity contribution is 5.32. The number of hydrogen-bond acceptors (Lipinski definition) is 3. The quantitative estimate of drug-likeness (QED) is 0.705. The van der Waals surface area contributed by atoms with Crippen LogP contribution in [-0.4, -0.2) is 29.5 Å². The molecule has 0 heterocycles. The van der Waals surface area contributed by atoms with Gasteiger partial charge < -0.3 is 15.5 Å². The number of hydrogen-bond donors (Lipinski definition) is 3. The van der Waals surface area contributed by atoms with Crippen molar-refractivity contribution in [3.8, 4) is 0 Å². The Labute approximate surface area is 97.1 Å². The van der Waals surface area contributed by atoms with Gasteiger partial charge in [-0.3, -0.25) is 0 Å². The van der Waals surface area contributed by atoms with Crippen molar-refractivity contribution < 1.29 is 10.2 Å². The molecule has 16 heavy (non-hydrogen) atoms. The second kappa shape index (κ2) is 5.99. The van der Waals surface area contributed by atoms with E-state index >= 15 is 0 Å². The summed E-state index contributed by atoms with van der Waals surface area (Å²) in [5.41, 5.74) is 3.68. The Morgan fingerprint density at radius 3 is 2.31 bits per heavy atom. The van der Waals surface area contributed by atoms with Crippen LogP contribution in [0, 0.1) is 13.8 Å². The molecule has 0 amide bonds. The molecule has 1 aromatic rings. The van der Waals surface area contributed by atoms with Crippen molar-refractivity contribution in [2.24, 2.45) is 0 Å². The second-order valence-corrected chi connectivity index (χ2v) is 4.31. The largest absolute Gasteiger partial charge is 0.395 e. The Balaban J connectivity index is 2.76. The molecule has 1 atom stereocenters. The van der Waals surface area contributed by atoms with Crippen LogP contribution in [0.1, 0.15) is 29.7 Å². The molecule has 1 rings (SSSR count). The summed E-state index contributed by atoms with van der Waals surface area (Å²) in [6.07, 6.45) is 0. The summed E-state index contributed by atoms with van der Waals surface area (Å²) in [5.74, 6) is 0. The third-order valence-corrected chi connectivity index (χ3v) is 2.82. The molecule has 0 radical (unpaired) electrons. The van der Waals surface area contributed by atoms with E-state index in [1.165, 1.54) is 16.7 Å². The molecule has 3 N–H and O–H groups in total. The summed E-state index contributed by atoms with van der Waals surface area (Å²) in [6, 6.07) is 6.18.